The van der Waals surface area contributed by atoms with Crippen molar-refractivity contribution in [3.05, 3.63) is 107 Å². The summed E-state index contributed by atoms with van der Waals surface area (Å²) < 4.78 is 6.89. The molecule has 28 heavy (non-hydrogen) atoms. The Morgan fingerprint density at radius 3 is 2.11 bits per heavy atom. The Morgan fingerprint density at radius 2 is 1.43 bits per heavy atom. The van der Waals surface area contributed by atoms with Gasteiger partial charge in [0.15, 0.2) is 5.69 Å². The third kappa shape index (κ3) is 3.30. The van der Waals surface area contributed by atoms with Crippen molar-refractivity contribution in [2.45, 2.75) is 13.0 Å². The Hall–Kier alpha value is -3.73. The van der Waals surface area contributed by atoms with Gasteiger partial charge in [0.25, 0.3) is 5.56 Å². The molecule has 0 aliphatic carbocycles. The Kier molecular flexibility index (Phi) is 4.72. The number of carbonyl (C=O) groups excluding carboxylic acids is 1. The number of hydrogen-bond acceptors (Lipinski definition) is 4. The van der Waals surface area contributed by atoms with Gasteiger partial charge in [-0.25, -0.2) is 4.79 Å². The summed E-state index contributed by atoms with van der Waals surface area (Å²) >= 11 is 0. The van der Waals surface area contributed by atoms with Crippen LogP contribution in [0.5, 0.6) is 0 Å². The van der Waals surface area contributed by atoms with Crippen molar-refractivity contribution in [3.63, 3.8) is 0 Å². The van der Waals surface area contributed by atoms with E-state index in [1.807, 2.05) is 55.5 Å². The van der Waals surface area contributed by atoms with Crippen molar-refractivity contribution in [2.24, 2.45) is 0 Å². The molecule has 0 spiro atoms. The fourth-order valence-electron chi connectivity index (χ4n) is 3.09. The molecule has 0 saturated carbocycles. The molecule has 1 unspecified atom stereocenters. The van der Waals surface area contributed by atoms with Crippen molar-refractivity contribution in [1.82, 2.24) is 9.78 Å². The summed E-state index contributed by atoms with van der Waals surface area (Å²) in [5.74, 6) is -0.572. The van der Waals surface area contributed by atoms with Gasteiger partial charge in [-0.1, -0.05) is 66.7 Å². The Balaban J connectivity index is 1.81. The molecular formula is C23H18N2O3. The average molecular weight is 370 g/mol. The number of esters is 1. The molecule has 0 bridgehead atoms. The summed E-state index contributed by atoms with van der Waals surface area (Å²) in [6.07, 6.45) is -0.439. The predicted molar refractivity (Wildman–Crippen MR) is 108 cm³/mol. The van der Waals surface area contributed by atoms with Crippen LogP contribution < -0.4 is 5.56 Å². The van der Waals surface area contributed by atoms with Crippen LogP contribution in [0.4, 0.5) is 0 Å². The topological polar surface area (TPSA) is 61.2 Å². The SMILES string of the molecule is CC(OC(=O)c1nn(-c2ccccc2)c(=O)c2ccccc12)c1ccccc1. The molecule has 0 aliphatic heterocycles. The van der Waals surface area contributed by atoms with E-state index in [9.17, 15) is 9.59 Å². The number of fused-ring (bicyclic) bond motifs is 1. The molecule has 0 N–H and O–H groups in total. The summed E-state index contributed by atoms with van der Waals surface area (Å²) in [6.45, 7) is 1.81. The number of aromatic nitrogens is 2. The van der Waals surface area contributed by atoms with Gasteiger partial charge in [0.2, 0.25) is 0 Å². The van der Waals surface area contributed by atoms with Gasteiger partial charge in [-0.2, -0.15) is 9.78 Å². The fraction of sp³-hybridized carbons (Fsp3) is 0.0870. The van der Waals surface area contributed by atoms with Crippen LogP contribution >= 0.6 is 0 Å². The summed E-state index contributed by atoms with van der Waals surface area (Å²) in [5.41, 5.74) is 1.30. The molecular weight excluding hydrogens is 352 g/mol. The van der Waals surface area contributed by atoms with Crippen LogP contribution in [0, 0.1) is 0 Å². The Bertz CT molecular complexity index is 1180. The first kappa shape index (κ1) is 17.7. The first-order valence-electron chi connectivity index (χ1n) is 8.98. The van der Waals surface area contributed by atoms with E-state index in [2.05, 4.69) is 5.10 Å². The number of hydrogen-bond donors (Lipinski definition) is 0. The van der Waals surface area contributed by atoms with Gasteiger partial charge < -0.3 is 4.74 Å². The van der Waals surface area contributed by atoms with Crippen molar-refractivity contribution in [1.29, 1.82) is 0 Å². The number of rotatable bonds is 4. The minimum absolute atomic E-state index is 0.113. The monoisotopic (exact) mass is 370 g/mol. The first-order valence-corrected chi connectivity index (χ1v) is 8.98. The van der Waals surface area contributed by atoms with E-state index >= 15 is 0 Å². The summed E-state index contributed by atoms with van der Waals surface area (Å²) in [6, 6.07) is 25.4. The summed E-state index contributed by atoms with van der Waals surface area (Å²) in [7, 11) is 0. The van der Waals surface area contributed by atoms with E-state index in [0.29, 0.717) is 16.5 Å². The normalized spacial score (nSPS) is 11.9. The van der Waals surface area contributed by atoms with E-state index in [4.69, 9.17) is 4.74 Å². The van der Waals surface area contributed by atoms with Crippen LogP contribution in [-0.4, -0.2) is 15.7 Å². The molecule has 5 heteroatoms. The molecule has 0 fully saturated rings. The first-order chi connectivity index (χ1) is 13.6. The fourth-order valence-corrected chi connectivity index (χ4v) is 3.09. The number of nitrogens with zero attached hydrogens (tertiary/aromatic N) is 2. The molecule has 0 aliphatic rings. The van der Waals surface area contributed by atoms with Crippen LogP contribution in [0.2, 0.25) is 0 Å². The maximum absolute atomic E-state index is 12.9. The molecule has 1 heterocycles. The molecule has 0 radical (unpaired) electrons. The van der Waals surface area contributed by atoms with Crippen LogP contribution in [0.25, 0.3) is 16.5 Å². The predicted octanol–water partition coefficient (Wildman–Crippen LogP) is 4.30. The molecule has 3 aromatic carbocycles. The highest BCUT2D eigenvalue weighted by molar-refractivity contribution is 6.02. The van der Waals surface area contributed by atoms with E-state index in [0.717, 1.165) is 5.56 Å². The van der Waals surface area contributed by atoms with Crippen molar-refractivity contribution in [2.75, 3.05) is 0 Å². The van der Waals surface area contributed by atoms with Gasteiger partial charge in [-0.15, -0.1) is 0 Å². The standard InChI is InChI=1S/C23H18N2O3/c1-16(17-10-4-2-5-11-17)28-23(27)21-19-14-8-9-15-20(19)22(26)25(24-21)18-12-6-3-7-13-18/h2-16H,1H3. The van der Waals surface area contributed by atoms with Gasteiger partial charge in [0, 0.05) is 5.39 Å². The van der Waals surface area contributed by atoms with Crippen molar-refractivity contribution >= 4 is 16.7 Å². The van der Waals surface area contributed by atoms with E-state index < -0.39 is 12.1 Å². The lowest BCUT2D eigenvalue weighted by molar-refractivity contribution is 0.0331. The smallest absolute Gasteiger partial charge is 0.360 e. The molecule has 1 atom stereocenters. The highest BCUT2D eigenvalue weighted by Crippen LogP contribution is 2.21. The van der Waals surface area contributed by atoms with Crippen LogP contribution in [0.1, 0.15) is 29.1 Å². The maximum Gasteiger partial charge on any atom is 0.360 e. The molecule has 0 saturated heterocycles. The van der Waals surface area contributed by atoms with E-state index in [1.165, 1.54) is 4.68 Å². The third-order valence-electron chi connectivity index (χ3n) is 4.55. The van der Waals surface area contributed by atoms with Crippen molar-refractivity contribution in [3.8, 4) is 5.69 Å². The number of ether oxygens (including phenoxy) is 1. The second-order valence-electron chi connectivity index (χ2n) is 6.40. The second-order valence-corrected chi connectivity index (χ2v) is 6.40. The zero-order valence-corrected chi connectivity index (χ0v) is 15.3. The molecule has 0 amide bonds. The molecule has 4 rings (SSSR count). The maximum atomic E-state index is 12.9. The zero-order valence-electron chi connectivity index (χ0n) is 15.3. The van der Waals surface area contributed by atoms with Gasteiger partial charge in [-0.3, -0.25) is 4.79 Å². The summed E-state index contributed by atoms with van der Waals surface area (Å²) in [5, 5.41) is 5.24. The van der Waals surface area contributed by atoms with Crippen molar-refractivity contribution < 1.29 is 9.53 Å². The minimum Gasteiger partial charge on any atom is -0.453 e. The number of carbonyl (C=O) groups is 1. The van der Waals surface area contributed by atoms with Crippen LogP contribution in [0.3, 0.4) is 0 Å². The summed E-state index contributed by atoms with van der Waals surface area (Å²) in [4.78, 5) is 25.8. The number of benzene rings is 3. The van der Waals surface area contributed by atoms with Gasteiger partial charge >= 0.3 is 5.97 Å². The highest BCUT2D eigenvalue weighted by atomic mass is 16.5. The number of para-hydroxylation sites is 1. The lowest BCUT2D eigenvalue weighted by atomic mass is 10.1. The Labute approximate surface area is 161 Å². The molecule has 4 aromatic rings. The molecule has 138 valence electrons. The molecule has 5 nitrogen and oxygen atoms in total. The van der Waals surface area contributed by atoms with Gasteiger partial charge in [0.1, 0.15) is 6.10 Å². The van der Waals surface area contributed by atoms with Crippen LogP contribution in [-0.2, 0) is 4.74 Å². The third-order valence-corrected chi connectivity index (χ3v) is 4.55. The Morgan fingerprint density at radius 1 is 0.857 bits per heavy atom. The van der Waals surface area contributed by atoms with E-state index in [-0.39, 0.29) is 11.3 Å². The minimum atomic E-state index is -0.572. The zero-order chi connectivity index (χ0) is 19.5. The van der Waals surface area contributed by atoms with E-state index in [1.54, 1.807) is 36.4 Å². The lowest BCUT2D eigenvalue weighted by Crippen LogP contribution is -2.25. The van der Waals surface area contributed by atoms with Gasteiger partial charge in [-0.05, 0) is 30.7 Å². The highest BCUT2D eigenvalue weighted by Gasteiger charge is 2.21. The second kappa shape index (κ2) is 7.48. The molecule has 1 aromatic heterocycles. The van der Waals surface area contributed by atoms with Gasteiger partial charge in [0.05, 0.1) is 11.1 Å². The quantitative estimate of drug-likeness (QED) is 0.503. The van der Waals surface area contributed by atoms with Crippen LogP contribution in [0.15, 0.2) is 89.7 Å². The lowest BCUT2D eigenvalue weighted by Gasteiger charge is -2.15. The average Bonchev–Trinajstić information content (AvgIpc) is 2.75. The largest absolute Gasteiger partial charge is 0.453 e.